The highest BCUT2D eigenvalue weighted by atomic mass is 32.2. The number of benzene rings is 1. The van der Waals surface area contributed by atoms with Gasteiger partial charge in [0.15, 0.2) is 9.84 Å². The van der Waals surface area contributed by atoms with Crippen molar-refractivity contribution in [3.05, 3.63) is 48.1 Å². The van der Waals surface area contributed by atoms with E-state index in [0.29, 0.717) is 11.4 Å². The molecule has 124 valence electrons. The van der Waals surface area contributed by atoms with Gasteiger partial charge in [0, 0.05) is 12.8 Å². The number of nitrogens with two attached hydrogens (primary N) is 1. The Morgan fingerprint density at radius 2 is 2.09 bits per heavy atom. The second-order valence-electron chi connectivity index (χ2n) is 4.83. The maximum atomic E-state index is 13.3. The zero-order valence-corrected chi connectivity index (χ0v) is 13.3. The van der Waals surface area contributed by atoms with Gasteiger partial charge in [-0.2, -0.15) is 0 Å². The summed E-state index contributed by atoms with van der Waals surface area (Å²) in [6.45, 7) is 0.230. The predicted molar refractivity (Wildman–Crippen MR) is 82.2 cm³/mol. The van der Waals surface area contributed by atoms with E-state index < -0.39 is 9.84 Å². The number of sulfone groups is 1. The van der Waals surface area contributed by atoms with E-state index in [1.165, 1.54) is 22.9 Å². The normalized spacial score (nSPS) is 12.4. The number of ether oxygens (including phenoxy) is 1. The van der Waals surface area contributed by atoms with E-state index in [-0.39, 0.29) is 30.4 Å². The van der Waals surface area contributed by atoms with Crippen LogP contribution in [0.15, 0.2) is 47.3 Å². The van der Waals surface area contributed by atoms with Crippen LogP contribution in [0.4, 0.5) is 4.39 Å². The number of hydrogen-bond acceptors (Lipinski definition) is 6. The second-order valence-corrected chi connectivity index (χ2v) is 6.84. The van der Waals surface area contributed by atoms with Gasteiger partial charge in [-0.05, 0) is 30.3 Å². The summed E-state index contributed by atoms with van der Waals surface area (Å²) >= 11 is 0. The quantitative estimate of drug-likeness (QED) is 0.809. The molecule has 0 spiro atoms. The summed E-state index contributed by atoms with van der Waals surface area (Å²) in [6.07, 6.45) is 3.97. The third-order valence-corrected chi connectivity index (χ3v) is 4.01. The van der Waals surface area contributed by atoms with E-state index in [4.69, 9.17) is 10.5 Å². The molecule has 0 saturated heterocycles. The number of rotatable bonds is 7. The summed E-state index contributed by atoms with van der Waals surface area (Å²) in [5, 5.41) is 7.65. The number of halogens is 1. The lowest BCUT2D eigenvalue weighted by molar-refractivity contribution is 0.301. The van der Waals surface area contributed by atoms with Gasteiger partial charge in [0.1, 0.15) is 23.9 Å². The molecule has 9 heteroatoms. The van der Waals surface area contributed by atoms with Crippen molar-refractivity contribution < 1.29 is 17.5 Å². The van der Waals surface area contributed by atoms with Crippen LogP contribution in [0.1, 0.15) is 5.69 Å². The number of aromatic nitrogens is 3. The summed E-state index contributed by atoms with van der Waals surface area (Å²) in [7, 11) is -3.23. The van der Waals surface area contributed by atoms with Crippen LogP contribution in [0, 0.1) is 0 Å². The first-order chi connectivity index (χ1) is 10.9. The Morgan fingerprint density at radius 1 is 1.39 bits per heavy atom. The van der Waals surface area contributed by atoms with Crippen molar-refractivity contribution in [2.45, 2.75) is 18.0 Å². The van der Waals surface area contributed by atoms with Crippen LogP contribution in [0.3, 0.4) is 0 Å². The molecule has 0 radical (unpaired) electrons. The highest BCUT2D eigenvalue weighted by Crippen LogP contribution is 2.16. The molecule has 0 aliphatic rings. The Bertz CT molecular complexity index is 785. The van der Waals surface area contributed by atoms with Gasteiger partial charge in [0.25, 0.3) is 0 Å². The SMILES string of the molecule is CS(=O)(=O)c1ccc(OCc2cn(CC(F)=CCN)nn2)cc1. The Morgan fingerprint density at radius 3 is 2.70 bits per heavy atom. The zero-order valence-electron chi connectivity index (χ0n) is 12.5. The topological polar surface area (TPSA) is 100 Å². The van der Waals surface area contributed by atoms with E-state index in [2.05, 4.69) is 10.3 Å². The zero-order chi connectivity index (χ0) is 16.9. The molecule has 0 fully saturated rings. The van der Waals surface area contributed by atoms with Crippen molar-refractivity contribution in [1.82, 2.24) is 15.0 Å². The first-order valence-corrected chi connectivity index (χ1v) is 8.64. The minimum Gasteiger partial charge on any atom is -0.487 e. The molecule has 7 nitrogen and oxygen atoms in total. The van der Waals surface area contributed by atoms with Crippen LogP contribution >= 0.6 is 0 Å². The Hall–Kier alpha value is -2.26. The second kappa shape index (κ2) is 7.34. The van der Waals surface area contributed by atoms with Crippen molar-refractivity contribution in [1.29, 1.82) is 0 Å². The molecule has 2 rings (SSSR count). The van der Waals surface area contributed by atoms with Crippen LogP contribution in [0.25, 0.3) is 0 Å². The van der Waals surface area contributed by atoms with E-state index >= 15 is 0 Å². The van der Waals surface area contributed by atoms with Gasteiger partial charge < -0.3 is 10.5 Å². The maximum absolute atomic E-state index is 13.3. The fourth-order valence-corrected chi connectivity index (χ4v) is 2.40. The average molecular weight is 340 g/mol. The molecule has 0 amide bonds. The van der Waals surface area contributed by atoms with Gasteiger partial charge >= 0.3 is 0 Å². The lowest BCUT2D eigenvalue weighted by atomic mass is 10.3. The molecule has 2 N–H and O–H groups in total. The molecule has 0 aliphatic heterocycles. The van der Waals surface area contributed by atoms with Crippen LogP contribution in [0.5, 0.6) is 5.75 Å². The molecule has 1 aromatic carbocycles. The van der Waals surface area contributed by atoms with Crippen molar-refractivity contribution in [2.75, 3.05) is 12.8 Å². The summed E-state index contributed by atoms with van der Waals surface area (Å²) in [5.74, 6) is 0.113. The third kappa shape index (κ3) is 5.15. The Labute approximate surface area is 133 Å². The monoisotopic (exact) mass is 340 g/mol. The standard InChI is InChI=1S/C14H17FN4O3S/c1-23(20,21)14-4-2-13(3-5-14)22-10-12-9-19(18-17-12)8-11(15)6-7-16/h2-6,9H,7-8,10,16H2,1H3. The minimum atomic E-state index is -3.23. The van der Waals surface area contributed by atoms with Gasteiger partial charge in [0.2, 0.25) is 0 Å². The van der Waals surface area contributed by atoms with Crippen molar-refractivity contribution in [3.63, 3.8) is 0 Å². The fourth-order valence-electron chi connectivity index (χ4n) is 1.77. The molecule has 0 aliphatic carbocycles. The van der Waals surface area contributed by atoms with Gasteiger partial charge in [-0.3, -0.25) is 0 Å². The van der Waals surface area contributed by atoms with Crippen LogP contribution in [-0.4, -0.2) is 36.2 Å². The largest absolute Gasteiger partial charge is 0.487 e. The molecule has 2 aromatic rings. The summed E-state index contributed by atoms with van der Waals surface area (Å²) in [5.41, 5.74) is 5.74. The third-order valence-electron chi connectivity index (χ3n) is 2.88. The van der Waals surface area contributed by atoms with Crippen molar-refractivity contribution >= 4 is 9.84 Å². The highest BCUT2D eigenvalue weighted by Gasteiger charge is 2.07. The van der Waals surface area contributed by atoms with E-state index in [9.17, 15) is 12.8 Å². The number of nitrogens with zero attached hydrogens (tertiary/aromatic N) is 3. The van der Waals surface area contributed by atoms with Gasteiger partial charge in [-0.15, -0.1) is 5.10 Å². The highest BCUT2D eigenvalue weighted by molar-refractivity contribution is 7.90. The lowest BCUT2D eigenvalue weighted by Crippen LogP contribution is -2.02. The lowest BCUT2D eigenvalue weighted by Gasteiger charge is -2.04. The van der Waals surface area contributed by atoms with Gasteiger partial charge in [-0.25, -0.2) is 17.5 Å². The first-order valence-electron chi connectivity index (χ1n) is 6.75. The Balaban J connectivity index is 1.94. The van der Waals surface area contributed by atoms with Crippen molar-refractivity contribution in [3.8, 4) is 5.75 Å². The summed E-state index contributed by atoms with van der Waals surface area (Å²) < 4.78 is 42.8. The molecular formula is C14H17FN4O3S. The Kier molecular flexibility index (Phi) is 5.45. The smallest absolute Gasteiger partial charge is 0.175 e. The summed E-state index contributed by atoms with van der Waals surface area (Å²) in [4.78, 5) is 0.220. The molecule has 0 saturated carbocycles. The van der Waals surface area contributed by atoms with Gasteiger partial charge in [0.05, 0.1) is 17.6 Å². The van der Waals surface area contributed by atoms with E-state index in [1.54, 1.807) is 18.3 Å². The molecule has 0 unspecified atom stereocenters. The number of allylic oxidation sites excluding steroid dienone is 1. The summed E-state index contributed by atoms with van der Waals surface area (Å²) in [6, 6.07) is 6.05. The first kappa shape index (κ1) is 17.1. The molecule has 0 atom stereocenters. The molecule has 23 heavy (non-hydrogen) atoms. The average Bonchev–Trinajstić information content (AvgIpc) is 2.92. The van der Waals surface area contributed by atoms with Crippen molar-refractivity contribution in [2.24, 2.45) is 5.73 Å². The molecule has 1 heterocycles. The molecular weight excluding hydrogens is 323 g/mol. The maximum Gasteiger partial charge on any atom is 0.175 e. The van der Waals surface area contributed by atoms with Crippen LogP contribution in [0.2, 0.25) is 0 Å². The molecule has 0 bridgehead atoms. The van der Waals surface area contributed by atoms with E-state index in [1.807, 2.05) is 0 Å². The van der Waals surface area contributed by atoms with Crippen LogP contribution in [-0.2, 0) is 23.0 Å². The fraction of sp³-hybridized carbons (Fsp3) is 0.286. The minimum absolute atomic E-state index is 0.0345. The predicted octanol–water partition coefficient (Wildman–Crippen LogP) is 1.07. The van der Waals surface area contributed by atoms with E-state index in [0.717, 1.165) is 6.26 Å². The van der Waals surface area contributed by atoms with Gasteiger partial charge in [-0.1, -0.05) is 5.21 Å². The van der Waals surface area contributed by atoms with Crippen LogP contribution < -0.4 is 10.5 Å². The number of hydrogen-bond donors (Lipinski definition) is 1. The molecule has 1 aromatic heterocycles.